The molecular weight excluding hydrogens is 354 g/mol. The lowest BCUT2D eigenvalue weighted by Gasteiger charge is -2.36. The molecule has 21 heavy (non-hydrogen) atoms. The molecule has 1 fully saturated rings. The van der Waals surface area contributed by atoms with Crippen molar-refractivity contribution in [2.75, 3.05) is 12.4 Å². The Balaban J connectivity index is 2.12. The molecule has 118 valence electrons. The van der Waals surface area contributed by atoms with Crippen LogP contribution in [0.2, 0.25) is 0 Å². The highest BCUT2D eigenvalue weighted by Gasteiger charge is 2.36. The Kier molecular flexibility index (Phi) is 5.33. The molecule has 4 nitrogen and oxygen atoms in total. The second kappa shape index (κ2) is 6.67. The number of nitrogens with two attached hydrogens (primary N) is 1. The van der Waals surface area contributed by atoms with E-state index in [0.717, 1.165) is 47.9 Å². The molecule has 0 spiro atoms. The van der Waals surface area contributed by atoms with Crippen molar-refractivity contribution in [3.63, 3.8) is 0 Å². The van der Waals surface area contributed by atoms with Gasteiger partial charge in [-0.05, 0) is 43.5 Å². The number of ether oxygens (including phenoxy) is 1. The van der Waals surface area contributed by atoms with Gasteiger partial charge in [-0.2, -0.15) is 0 Å². The first-order chi connectivity index (χ1) is 9.80. The summed E-state index contributed by atoms with van der Waals surface area (Å²) in [7, 11) is -3.49. The van der Waals surface area contributed by atoms with Crippen molar-refractivity contribution in [1.29, 1.82) is 0 Å². The molecule has 1 aliphatic rings. The molecule has 0 bridgehead atoms. The van der Waals surface area contributed by atoms with Gasteiger partial charge in [0, 0.05) is 9.89 Å². The summed E-state index contributed by atoms with van der Waals surface area (Å²) >= 11 is 3.42. The van der Waals surface area contributed by atoms with Crippen molar-refractivity contribution in [3.05, 3.63) is 28.2 Å². The number of rotatable bonds is 5. The van der Waals surface area contributed by atoms with E-state index in [1.165, 1.54) is 0 Å². The highest BCUT2D eigenvalue weighted by atomic mass is 79.9. The predicted molar refractivity (Wildman–Crippen MR) is 87.9 cm³/mol. The molecule has 1 saturated carbocycles. The fourth-order valence-corrected chi connectivity index (χ4v) is 4.77. The molecular formula is C15H22BrNO3S. The summed E-state index contributed by atoms with van der Waals surface area (Å²) in [5.41, 5.74) is 0.691. The average Bonchev–Trinajstić information content (AvgIpc) is 2.37. The van der Waals surface area contributed by atoms with Crippen molar-refractivity contribution in [3.8, 4) is 5.75 Å². The first kappa shape index (κ1) is 16.8. The highest BCUT2D eigenvalue weighted by molar-refractivity contribution is 9.10. The molecule has 2 rings (SSSR count). The predicted octanol–water partition coefficient (Wildman–Crippen LogP) is 3.38. The molecule has 6 heteroatoms. The second-order valence-electron chi connectivity index (χ2n) is 6.07. The Hall–Kier alpha value is -0.590. The van der Waals surface area contributed by atoms with Crippen molar-refractivity contribution in [2.24, 2.45) is 10.6 Å². The van der Waals surface area contributed by atoms with Crippen LogP contribution in [0.1, 0.15) is 37.7 Å². The van der Waals surface area contributed by atoms with Gasteiger partial charge in [0.15, 0.2) is 0 Å². The molecule has 1 aliphatic carbocycles. The van der Waals surface area contributed by atoms with Crippen LogP contribution in [-0.2, 0) is 10.0 Å². The molecule has 0 unspecified atom stereocenters. The van der Waals surface area contributed by atoms with Gasteiger partial charge >= 0.3 is 0 Å². The fourth-order valence-electron chi connectivity index (χ4n) is 3.06. The van der Waals surface area contributed by atoms with Crippen LogP contribution in [-0.4, -0.2) is 20.8 Å². The van der Waals surface area contributed by atoms with E-state index in [1.807, 2.05) is 25.1 Å². The lowest BCUT2D eigenvalue weighted by molar-refractivity contribution is 0.118. The first-order valence-electron chi connectivity index (χ1n) is 7.19. The minimum Gasteiger partial charge on any atom is -0.493 e. The van der Waals surface area contributed by atoms with E-state index in [1.54, 1.807) is 0 Å². The van der Waals surface area contributed by atoms with Crippen LogP contribution in [0.25, 0.3) is 0 Å². The zero-order valence-electron chi connectivity index (χ0n) is 12.3. The van der Waals surface area contributed by atoms with Crippen molar-refractivity contribution in [1.82, 2.24) is 0 Å². The zero-order valence-corrected chi connectivity index (χ0v) is 14.7. The highest BCUT2D eigenvalue weighted by Crippen LogP contribution is 2.38. The summed E-state index contributed by atoms with van der Waals surface area (Å²) in [6.07, 6.45) is 4.96. The van der Waals surface area contributed by atoms with Crippen molar-refractivity contribution < 1.29 is 13.2 Å². The van der Waals surface area contributed by atoms with Gasteiger partial charge in [-0.25, -0.2) is 13.6 Å². The summed E-state index contributed by atoms with van der Waals surface area (Å²) in [5.74, 6) is 0.813. The van der Waals surface area contributed by atoms with E-state index in [4.69, 9.17) is 9.88 Å². The molecule has 2 N–H and O–H groups in total. The Morgan fingerprint density at radius 2 is 1.95 bits per heavy atom. The molecule has 0 heterocycles. The van der Waals surface area contributed by atoms with Crippen molar-refractivity contribution >= 4 is 26.0 Å². The lowest BCUT2D eigenvalue weighted by atomic mass is 9.76. The Morgan fingerprint density at radius 3 is 2.52 bits per heavy atom. The summed E-state index contributed by atoms with van der Waals surface area (Å²) in [6.45, 7) is 2.39. The minimum absolute atomic E-state index is 0.00950. The Morgan fingerprint density at radius 1 is 1.29 bits per heavy atom. The quantitative estimate of drug-likeness (QED) is 0.857. The third-order valence-corrected chi connectivity index (χ3v) is 5.60. The van der Waals surface area contributed by atoms with Gasteiger partial charge in [-0.15, -0.1) is 0 Å². The number of halogens is 1. The van der Waals surface area contributed by atoms with E-state index in [-0.39, 0.29) is 11.2 Å². The summed E-state index contributed by atoms with van der Waals surface area (Å²) in [6, 6.07) is 5.82. The van der Waals surface area contributed by atoms with Crippen LogP contribution in [0.3, 0.4) is 0 Å². The molecule has 0 radical (unpaired) electrons. The van der Waals surface area contributed by atoms with Gasteiger partial charge < -0.3 is 4.74 Å². The van der Waals surface area contributed by atoms with Gasteiger partial charge in [0.05, 0.1) is 12.4 Å². The lowest BCUT2D eigenvalue weighted by Crippen LogP contribution is -2.40. The maximum Gasteiger partial charge on any atom is 0.209 e. The first-order valence-corrected chi connectivity index (χ1v) is 9.70. The molecule has 1 aromatic carbocycles. The molecule has 0 aromatic heterocycles. The third-order valence-electron chi connectivity index (χ3n) is 4.09. The van der Waals surface area contributed by atoms with Crippen LogP contribution in [0.5, 0.6) is 5.75 Å². The van der Waals surface area contributed by atoms with Gasteiger partial charge in [0.2, 0.25) is 10.0 Å². The number of hydrogen-bond donors (Lipinski definition) is 1. The average molecular weight is 376 g/mol. The normalized spacial score (nSPS) is 18.4. The molecule has 0 amide bonds. The summed E-state index contributed by atoms with van der Waals surface area (Å²) in [5, 5.41) is 5.28. The topological polar surface area (TPSA) is 69.4 Å². The van der Waals surface area contributed by atoms with Crippen LogP contribution in [0.4, 0.5) is 0 Å². The molecule has 0 atom stereocenters. The van der Waals surface area contributed by atoms with E-state index < -0.39 is 10.0 Å². The summed E-state index contributed by atoms with van der Waals surface area (Å²) in [4.78, 5) is 0. The van der Waals surface area contributed by atoms with Crippen LogP contribution < -0.4 is 9.88 Å². The molecule has 0 saturated heterocycles. The monoisotopic (exact) mass is 375 g/mol. The number of aryl methyl sites for hydroxylation is 1. The molecule has 1 aromatic rings. The Labute approximate surface area is 135 Å². The second-order valence-corrected chi connectivity index (χ2v) is 8.60. The standard InChI is InChI=1S/C15H22BrNO3S/c1-12-9-13(16)5-6-14(12)20-10-15(11-21(17,18)19)7-3-2-4-8-15/h5-6,9H,2-4,7-8,10-11H2,1H3,(H2,17,18,19). The van der Waals surface area contributed by atoms with E-state index >= 15 is 0 Å². The van der Waals surface area contributed by atoms with E-state index in [0.29, 0.717) is 6.61 Å². The van der Waals surface area contributed by atoms with Crippen molar-refractivity contribution in [2.45, 2.75) is 39.0 Å². The third kappa shape index (κ3) is 4.97. The maximum atomic E-state index is 11.5. The SMILES string of the molecule is Cc1cc(Br)ccc1OCC1(CS(N)(=O)=O)CCCCC1. The maximum absolute atomic E-state index is 11.5. The molecule has 0 aliphatic heterocycles. The van der Waals surface area contributed by atoms with Crippen LogP contribution >= 0.6 is 15.9 Å². The minimum atomic E-state index is -3.49. The number of sulfonamides is 1. The number of hydrogen-bond acceptors (Lipinski definition) is 3. The smallest absolute Gasteiger partial charge is 0.209 e. The van der Waals surface area contributed by atoms with Gasteiger partial charge in [0.1, 0.15) is 5.75 Å². The van der Waals surface area contributed by atoms with E-state index in [2.05, 4.69) is 15.9 Å². The van der Waals surface area contributed by atoms with E-state index in [9.17, 15) is 8.42 Å². The number of primary sulfonamides is 1. The van der Waals surface area contributed by atoms with Crippen LogP contribution in [0.15, 0.2) is 22.7 Å². The fraction of sp³-hybridized carbons (Fsp3) is 0.600. The van der Waals surface area contributed by atoms with Gasteiger partial charge in [0.25, 0.3) is 0 Å². The largest absolute Gasteiger partial charge is 0.493 e. The zero-order chi connectivity index (χ0) is 15.5. The van der Waals surface area contributed by atoms with Gasteiger partial charge in [-0.3, -0.25) is 0 Å². The van der Waals surface area contributed by atoms with Gasteiger partial charge in [-0.1, -0.05) is 35.2 Å². The number of benzene rings is 1. The summed E-state index contributed by atoms with van der Waals surface area (Å²) < 4.78 is 30.0. The Bertz CT molecular complexity index is 595. The van der Waals surface area contributed by atoms with Crippen LogP contribution in [0, 0.1) is 12.3 Å².